The highest BCUT2D eigenvalue weighted by Gasteiger charge is 2.41. The molecule has 1 amide bonds. The van der Waals surface area contributed by atoms with E-state index in [1.54, 1.807) is 7.11 Å². The van der Waals surface area contributed by atoms with Gasteiger partial charge in [0.05, 0.1) is 12.7 Å². The van der Waals surface area contributed by atoms with Gasteiger partial charge in [0.1, 0.15) is 5.41 Å². The molecule has 0 spiro atoms. The molecule has 122 valence electrons. The van der Waals surface area contributed by atoms with Crippen molar-refractivity contribution >= 4 is 5.91 Å². The van der Waals surface area contributed by atoms with E-state index in [-0.39, 0.29) is 11.9 Å². The van der Waals surface area contributed by atoms with Gasteiger partial charge in [-0.25, -0.2) is 0 Å². The second-order valence-corrected chi connectivity index (χ2v) is 5.66. The lowest BCUT2D eigenvalue weighted by Crippen LogP contribution is -2.49. The first-order valence-corrected chi connectivity index (χ1v) is 8.27. The maximum atomic E-state index is 13.1. The molecule has 0 saturated heterocycles. The second kappa shape index (κ2) is 10.6. The third-order valence-electron chi connectivity index (χ3n) is 4.16. The fraction of sp³-hybridized carbons (Fsp3) is 0.882. The van der Waals surface area contributed by atoms with E-state index < -0.39 is 5.41 Å². The maximum Gasteiger partial charge on any atom is 0.243 e. The van der Waals surface area contributed by atoms with Crippen LogP contribution in [0.3, 0.4) is 0 Å². The van der Waals surface area contributed by atoms with Crippen LogP contribution in [0.4, 0.5) is 0 Å². The molecule has 0 heterocycles. The predicted octanol–water partition coefficient (Wildman–Crippen LogP) is 3.76. The number of nitriles is 1. The molecule has 0 aliphatic rings. The molecule has 0 aromatic carbocycles. The molecule has 4 nitrogen and oxygen atoms in total. The summed E-state index contributed by atoms with van der Waals surface area (Å²) < 4.78 is 5.15. The normalized spacial score (nSPS) is 11.5. The predicted molar refractivity (Wildman–Crippen MR) is 85.8 cm³/mol. The first kappa shape index (κ1) is 19.9. The average Bonchev–Trinajstić information content (AvgIpc) is 2.50. The minimum Gasteiger partial charge on any atom is -0.383 e. The Hall–Kier alpha value is -1.08. The Balaban J connectivity index is 5.41. The minimum atomic E-state index is -0.861. The molecule has 4 heteroatoms. The van der Waals surface area contributed by atoms with Crippen molar-refractivity contribution in [3.8, 4) is 6.07 Å². The van der Waals surface area contributed by atoms with Gasteiger partial charge in [-0.15, -0.1) is 0 Å². The monoisotopic (exact) mass is 296 g/mol. The molecule has 0 bridgehead atoms. The van der Waals surface area contributed by atoms with Gasteiger partial charge in [-0.2, -0.15) is 5.26 Å². The highest BCUT2D eigenvalue weighted by atomic mass is 16.5. The van der Waals surface area contributed by atoms with E-state index in [1.165, 1.54) is 0 Å². The van der Waals surface area contributed by atoms with Crippen molar-refractivity contribution in [3.63, 3.8) is 0 Å². The summed E-state index contributed by atoms with van der Waals surface area (Å²) in [7, 11) is 1.64. The van der Waals surface area contributed by atoms with E-state index in [2.05, 4.69) is 19.9 Å². The Bertz CT molecular complexity index is 326. The Morgan fingerprint density at radius 1 is 1.19 bits per heavy atom. The van der Waals surface area contributed by atoms with Crippen LogP contribution in [0.2, 0.25) is 0 Å². The molecule has 0 fully saturated rings. The van der Waals surface area contributed by atoms with Crippen LogP contribution in [-0.2, 0) is 9.53 Å². The van der Waals surface area contributed by atoms with Gasteiger partial charge in [0.15, 0.2) is 0 Å². The summed E-state index contributed by atoms with van der Waals surface area (Å²) in [6.45, 7) is 9.34. The van der Waals surface area contributed by atoms with Crippen molar-refractivity contribution in [2.45, 2.75) is 72.3 Å². The van der Waals surface area contributed by atoms with Crippen LogP contribution in [0.25, 0.3) is 0 Å². The van der Waals surface area contributed by atoms with E-state index >= 15 is 0 Å². The number of ether oxygens (including phenoxy) is 1. The number of rotatable bonds is 11. The third kappa shape index (κ3) is 5.32. The lowest BCUT2D eigenvalue weighted by atomic mass is 9.78. The molecule has 0 N–H and O–H groups in total. The summed E-state index contributed by atoms with van der Waals surface area (Å²) in [6.07, 6.45) is 4.79. The smallest absolute Gasteiger partial charge is 0.243 e. The highest BCUT2D eigenvalue weighted by molar-refractivity contribution is 5.85. The fourth-order valence-electron chi connectivity index (χ4n) is 3.00. The van der Waals surface area contributed by atoms with Crippen molar-refractivity contribution in [3.05, 3.63) is 0 Å². The number of hydrogen-bond donors (Lipinski definition) is 0. The first-order valence-electron chi connectivity index (χ1n) is 8.27. The molecule has 0 radical (unpaired) electrons. The summed E-state index contributed by atoms with van der Waals surface area (Å²) in [6, 6.07) is 2.53. The van der Waals surface area contributed by atoms with Crippen LogP contribution in [0.1, 0.15) is 66.2 Å². The van der Waals surface area contributed by atoms with E-state index in [0.717, 1.165) is 25.7 Å². The number of amides is 1. The molecule has 0 rings (SSSR count). The van der Waals surface area contributed by atoms with Gasteiger partial charge >= 0.3 is 0 Å². The molecule has 0 atom stereocenters. The quantitative estimate of drug-likeness (QED) is 0.583. The molecule has 0 unspecified atom stereocenters. The summed E-state index contributed by atoms with van der Waals surface area (Å²) >= 11 is 0. The maximum absolute atomic E-state index is 13.1. The topological polar surface area (TPSA) is 53.3 Å². The third-order valence-corrected chi connectivity index (χ3v) is 4.16. The Morgan fingerprint density at radius 2 is 1.71 bits per heavy atom. The summed E-state index contributed by atoms with van der Waals surface area (Å²) in [5.74, 6) is -0.000509. The van der Waals surface area contributed by atoms with Gasteiger partial charge in [0.25, 0.3) is 0 Å². The van der Waals surface area contributed by atoms with Gasteiger partial charge in [0, 0.05) is 19.7 Å². The number of nitrogens with zero attached hydrogens (tertiary/aromatic N) is 2. The van der Waals surface area contributed by atoms with E-state index in [9.17, 15) is 10.1 Å². The number of carbonyl (C=O) groups excluding carboxylic acids is 1. The molecule has 0 aromatic rings. The zero-order chi connectivity index (χ0) is 16.3. The van der Waals surface area contributed by atoms with E-state index in [1.807, 2.05) is 18.7 Å². The van der Waals surface area contributed by atoms with Gasteiger partial charge in [-0.05, 0) is 25.7 Å². The van der Waals surface area contributed by atoms with E-state index in [4.69, 9.17) is 4.74 Å². The van der Waals surface area contributed by atoms with Crippen LogP contribution in [0.15, 0.2) is 0 Å². The van der Waals surface area contributed by atoms with Crippen LogP contribution in [0, 0.1) is 16.7 Å². The van der Waals surface area contributed by atoms with Crippen LogP contribution in [0.5, 0.6) is 0 Å². The summed E-state index contributed by atoms with van der Waals surface area (Å²) in [5.41, 5.74) is -0.861. The number of carbonyl (C=O) groups is 1. The van der Waals surface area contributed by atoms with Gasteiger partial charge in [-0.1, -0.05) is 40.5 Å². The molecule has 0 saturated carbocycles. The standard InChI is InChI=1S/C17H32N2O2/c1-6-10-17(14-18,11-7-2)16(20)19(12-13-21-5)15(8-3)9-4/h15H,6-13H2,1-5H3. The SMILES string of the molecule is CCCC(C#N)(CCC)C(=O)N(CCOC)C(CC)CC. The van der Waals surface area contributed by atoms with Crippen molar-refractivity contribution < 1.29 is 9.53 Å². The van der Waals surface area contributed by atoms with Crippen molar-refractivity contribution in [2.75, 3.05) is 20.3 Å². The van der Waals surface area contributed by atoms with Crippen LogP contribution < -0.4 is 0 Å². The lowest BCUT2D eigenvalue weighted by molar-refractivity contribution is -0.143. The molecule has 0 aliphatic heterocycles. The van der Waals surface area contributed by atoms with Crippen LogP contribution >= 0.6 is 0 Å². The first-order chi connectivity index (χ1) is 10.1. The van der Waals surface area contributed by atoms with Crippen molar-refractivity contribution in [1.29, 1.82) is 5.26 Å². The average molecular weight is 296 g/mol. The van der Waals surface area contributed by atoms with E-state index in [0.29, 0.717) is 26.0 Å². The van der Waals surface area contributed by atoms with Gasteiger partial charge < -0.3 is 9.64 Å². The second-order valence-electron chi connectivity index (χ2n) is 5.66. The minimum absolute atomic E-state index is 0.000509. The van der Waals surface area contributed by atoms with Gasteiger partial charge in [0.2, 0.25) is 5.91 Å². The van der Waals surface area contributed by atoms with Crippen molar-refractivity contribution in [1.82, 2.24) is 4.90 Å². The van der Waals surface area contributed by atoms with Crippen LogP contribution in [-0.4, -0.2) is 37.1 Å². The summed E-state index contributed by atoms with van der Waals surface area (Å²) in [5, 5.41) is 9.68. The molecule has 21 heavy (non-hydrogen) atoms. The molecular weight excluding hydrogens is 264 g/mol. The number of hydrogen-bond acceptors (Lipinski definition) is 3. The highest BCUT2D eigenvalue weighted by Crippen LogP contribution is 2.33. The number of methoxy groups -OCH3 is 1. The summed E-state index contributed by atoms with van der Waals surface area (Å²) in [4.78, 5) is 15.0. The molecule has 0 aromatic heterocycles. The Kier molecular flexibility index (Phi) is 10.1. The zero-order valence-electron chi connectivity index (χ0n) is 14.4. The molecular formula is C17H32N2O2. The van der Waals surface area contributed by atoms with Gasteiger partial charge in [-0.3, -0.25) is 4.79 Å². The fourth-order valence-corrected chi connectivity index (χ4v) is 3.00. The van der Waals surface area contributed by atoms with Crippen molar-refractivity contribution in [2.24, 2.45) is 5.41 Å². The Morgan fingerprint density at radius 3 is 2.05 bits per heavy atom. The largest absolute Gasteiger partial charge is 0.383 e. The lowest BCUT2D eigenvalue weighted by Gasteiger charge is -2.37. The zero-order valence-corrected chi connectivity index (χ0v) is 14.4. The molecule has 0 aliphatic carbocycles. The Labute approximate surface area is 130 Å².